The van der Waals surface area contributed by atoms with E-state index in [9.17, 15) is 4.79 Å². The highest BCUT2D eigenvalue weighted by molar-refractivity contribution is 9.10. The summed E-state index contributed by atoms with van der Waals surface area (Å²) in [6, 6.07) is 6.14. The lowest BCUT2D eigenvalue weighted by Crippen LogP contribution is -2.18. The van der Waals surface area contributed by atoms with Crippen LogP contribution in [-0.4, -0.2) is 19.5 Å². The minimum atomic E-state index is 0.0915. The van der Waals surface area contributed by atoms with Crippen molar-refractivity contribution in [3.8, 4) is 0 Å². The van der Waals surface area contributed by atoms with Crippen LogP contribution in [0.1, 0.15) is 18.4 Å². The molecule has 2 N–H and O–H groups in total. The second kappa shape index (κ2) is 6.53. The highest BCUT2D eigenvalue weighted by Crippen LogP contribution is 2.19. The van der Waals surface area contributed by atoms with Gasteiger partial charge in [-0.25, -0.2) is 0 Å². The lowest BCUT2D eigenvalue weighted by Gasteiger charge is -2.07. The largest absolute Gasteiger partial charge is 0.385 e. The lowest BCUT2D eigenvalue weighted by atomic mass is 10.2. The highest BCUT2D eigenvalue weighted by Gasteiger charge is 1.99. The molecule has 0 aliphatic rings. The molecule has 0 heterocycles. The number of nitrogens with one attached hydrogen (secondary N) is 2. The molecule has 4 heteroatoms. The summed E-state index contributed by atoms with van der Waals surface area (Å²) in [5, 5.41) is 5.90. The topological polar surface area (TPSA) is 41.1 Å². The molecule has 16 heavy (non-hydrogen) atoms. The van der Waals surface area contributed by atoms with Crippen LogP contribution in [0.4, 0.5) is 5.69 Å². The molecule has 1 amide bonds. The van der Waals surface area contributed by atoms with Crippen molar-refractivity contribution in [1.82, 2.24) is 5.32 Å². The minimum absolute atomic E-state index is 0.0915. The van der Waals surface area contributed by atoms with Crippen LogP contribution in [0.2, 0.25) is 0 Å². The molecule has 0 aliphatic carbocycles. The van der Waals surface area contributed by atoms with Crippen molar-refractivity contribution in [3.05, 3.63) is 28.2 Å². The summed E-state index contributed by atoms with van der Waals surface area (Å²) in [7, 11) is 1.66. The summed E-state index contributed by atoms with van der Waals surface area (Å²) < 4.78 is 1.11. The van der Waals surface area contributed by atoms with E-state index in [1.54, 1.807) is 7.05 Å². The quantitative estimate of drug-likeness (QED) is 0.817. The molecule has 88 valence electrons. The van der Waals surface area contributed by atoms with E-state index in [0.29, 0.717) is 6.42 Å². The van der Waals surface area contributed by atoms with E-state index in [1.165, 1.54) is 5.56 Å². The zero-order valence-corrected chi connectivity index (χ0v) is 11.2. The Hall–Kier alpha value is -1.03. The number of aryl methyl sites for hydroxylation is 1. The van der Waals surface area contributed by atoms with Crippen LogP contribution < -0.4 is 10.6 Å². The predicted octanol–water partition coefficient (Wildman–Crippen LogP) is 2.70. The van der Waals surface area contributed by atoms with Crippen molar-refractivity contribution < 1.29 is 4.79 Å². The van der Waals surface area contributed by atoms with Gasteiger partial charge in [-0.2, -0.15) is 0 Å². The first-order chi connectivity index (χ1) is 7.63. The van der Waals surface area contributed by atoms with Gasteiger partial charge in [0, 0.05) is 30.2 Å². The van der Waals surface area contributed by atoms with E-state index in [2.05, 4.69) is 39.6 Å². The Morgan fingerprint density at radius 2 is 2.19 bits per heavy atom. The van der Waals surface area contributed by atoms with Crippen LogP contribution in [-0.2, 0) is 4.79 Å². The summed E-state index contributed by atoms with van der Waals surface area (Å²) in [5.41, 5.74) is 2.30. The third-order valence-corrected chi connectivity index (χ3v) is 3.24. The Balaban J connectivity index is 2.32. The lowest BCUT2D eigenvalue weighted by molar-refractivity contribution is -0.120. The molecule has 3 nitrogen and oxygen atoms in total. The average molecular weight is 285 g/mol. The van der Waals surface area contributed by atoms with Gasteiger partial charge in [-0.15, -0.1) is 0 Å². The van der Waals surface area contributed by atoms with Gasteiger partial charge in [0.1, 0.15) is 0 Å². The van der Waals surface area contributed by atoms with Crippen LogP contribution in [0, 0.1) is 6.92 Å². The molecule has 0 bridgehead atoms. The molecule has 0 saturated carbocycles. The number of carbonyl (C=O) groups is 1. The van der Waals surface area contributed by atoms with Crippen molar-refractivity contribution in [3.63, 3.8) is 0 Å². The number of carbonyl (C=O) groups excluding carboxylic acids is 1. The number of anilines is 1. The van der Waals surface area contributed by atoms with E-state index in [-0.39, 0.29) is 5.91 Å². The summed E-state index contributed by atoms with van der Waals surface area (Å²) in [6.45, 7) is 2.87. The zero-order chi connectivity index (χ0) is 12.0. The molecule has 1 aromatic rings. The van der Waals surface area contributed by atoms with Crippen molar-refractivity contribution in [2.45, 2.75) is 19.8 Å². The molecule has 0 atom stereocenters. The molecule has 0 radical (unpaired) electrons. The van der Waals surface area contributed by atoms with Crippen molar-refractivity contribution in [2.75, 3.05) is 18.9 Å². The van der Waals surface area contributed by atoms with Crippen LogP contribution >= 0.6 is 15.9 Å². The van der Waals surface area contributed by atoms with Crippen molar-refractivity contribution >= 4 is 27.5 Å². The smallest absolute Gasteiger partial charge is 0.219 e. The fraction of sp³-hybridized carbons (Fsp3) is 0.417. The molecular weight excluding hydrogens is 268 g/mol. The maximum Gasteiger partial charge on any atom is 0.219 e. The van der Waals surface area contributed by atoms with Crippen molar-refractivity contribution in [2.24, 2.45) is 0 Å². The number of benzene rings is 1. The van der Waals surface area contributed by atoms with E-state index in [0.717, 1.165) is 23.1 Å². The Kier molecular flexibility index (Phi) is 5.32. The molecule has 1 rings (SSSR count). The molecule has 0 aromatic heterocycles. The van der Waals surface area contributed by atoms with Gasteiger partial charge in [-0.1, -0.05) is 15.9 Å². The monoisotopic (exact) mass is 284 g/mol. The molecule has 0 fully saturated rings. The number of rotatable bonds is 5. The first-order valence-electron chi connectivity index (χ1n) is 5.34. The maximum atomic E-state index is 11.0. The molecule has 0 saturated heterocycles. The molecule has 0 aliphatic heterocycles. The Bertz CT molecular complexity index is 366. The van der Waals surface area contributed by atoms with Gasteiger partial charge in [0.05, 0.1) is 0 Å². The SMILES string of the molecule is CNC(=O)CCCNc1ccc(Br)c(C)c1. The second-order valence-corrected chi connectivity index (χ2v) is 4.52. The van der Waals surface area contributed by atoms with Gasteiger partial charge < -0.3 is 10.6 Å². The summed E-state index contributed by atoms with van der Waals surface area (Å²) in [6.07, 6.45) is 1.41. The number of halogens is 1. The van der Waals surface area contributed by atoms with E-state index < -0.39 is 0 Å². The van der Waals surface area contributed by atoms with Crippen LogP contribution in [0.25, 0.3) is 0 Å². The average Bonchev–Trinajstić information content (AvgIpc) is 2.28. The maximum absolute atomic E-state index is 11.0. The van der Waals surface area contributed by atoms with Crippen LogP contribution in [0.15, 0.2) is 22.7 Å². The van der Waals surface area contributed by atoms with Crippen LogP contribution in [0.3, 0.4) is 0 Å². The summed E-state index contributed by atoms with van der Waals surface area (Å²) >= 11 is 3.46. The van der Waals surface area contributed by atoms with Gasteiger partial charge in [0.2, 0.25) is 5.91 Å². The molecular formula is C12H17BrN2O. The Morgan fingerprint density at radius 1 is 1.44 bits per heavy atom. The number of amides is 1. The fourth-order valence-electron chi connectivity index (χ4n) is 1.36. The van der Waals surface area contributed by atoms with Gasteiger partial charge >= 0.3 is 0 Å². The van der Waals surface area contributed by atoms with Gasteiger partial charge in [-0.05, 0) is 37.1 Å². The third kappa shape index (κ3) is 4.23. The fourth-order valence-corrected chi connectivity index (χ4v) is 1.61. The molecule has 0 spiro atoms. The predicted molar refractivity (Wildman–Crippen MR) is 70.7 cm³/mol. The van der Waals surface area contributed by atoms with E-state index >= 15 is 0 Å². The normalized spacial score (nSPS) is 9.94. The van der Waals surface area contributed by atoms with Gasteiger partial charge in [-0.3, -0.25) is 4.79 Å². The van der Waals surface area contributed by atoms with E-state index in [1.807, 2.05) is 12.1 Å². The molecule has 0 unspecified atom stereocenters. The van der Waals surface area contributed by atoms with Gasteiger partial charge in [0.15, 0.2) is 0 Å². The van der Waals surface area contributed by atoms with Crippen LogP contribution in [0.5, 0.6) is 0 Å². The Morgan fingerprint density at radius 3 is 2.81 bits per heavy atom. The van der Waals surface area contributed by atoms with Gasteiger partial charge in [0.25, 0.3) is 0 Å². The zero-order valence-electron chi connectivity index (χ0n) is 9.64. The Labute approximate surface area is 105 Å². The first kappa shape index (κ1) is 13.0. The van der Waals surface area contributed by atoms with E-state index in [4.69, 9.17) is 0 Å². The second-order valence-electron chi connectivity index (χ2n) is 3.67. The summed E-state index contributed by atoms with van der Waals surface area (Å²) in [4.78, 5) is 11.0. The minimum Gasteiger partial charge on any atom is -0.385 e. The first-order valence-corrected chi connectivity index (χ1v) is 6.13. The molecule has 1 aromatic carbocycles. The van der Waals surface area contributed by atoms with Crippen molar-refractivity contribution in [1.29, 1.82) is 0 Å². The third-order valence-electron chi connectivity index (χ3n) is 2.35. The number of hydrogen-bond donors (Lipinski definition) is 2. The highest BCUT2D eigenvalue weighted by atomic mass is 79.9. The summed E-state index contributed by atoms with van der Waals surface area (Å²) in [5.74, 6) is 0.0915. The number of hydrogen-bond acceptors (Lipinski definition) is 2. The standard InChI is InChI=1S/C12H17BrN2O/c1-9-8-10(5-6-11(9)13)15-7-3-4-12(16)14-2/h5-6,8,15H,3-4,7H2,1-2H3,(H,14,16).